The summed E-state index contributed by atoms with van der Waals surface area (Å²) >= 11 is 0. The van der Waals surface area contributed by atoms with Gasteiger partial charge >= 0.3 is 12.1 Å². The van der Waals surface area contributed by atoms with E-state index in [0.717, 1.165) is 16.0 Å². The molecule has 2 heterocycles. The number of nitrogens with zero attached hydrogens (tertiary/aromatic N) is 1. The molecule has 34 heavy (non-hydrogen) atoms. The van der Waals surface area contributed by atoms with E-state index in [-0.39, 0.29) is 38.0 Å². The van der Waals surface area contributed by atoms with Crippen LogP contribution >= 0.6 is 0 Å². The SMILES string of the molecule is CCOC(=O)[C@@]1(Cc2ccccc2)O[C@@H](c2ccccc2)[C@@H](C(=O)N2CCOC2=O)[C@@H]1C(C)C. The molecule has 4 rings (SSSR count). The van der Waals surface area contributed by atoms with Crippen LogP contribution in [0.5, 0.6) is 0 Å². The molecule has 7 nitrogen and oxygen atoms in total. The molecule has 4 atom stereocenters. The second-order valence-corrected chi connectivity index (χ2v) is 9.12. The van der Waals surface area contributed by atoms with Gasteiger partial charge in [0.1, 0.15) is 6.61 Å². The van der Waals surface area contributed by atoms with Crippen molar-refractivity contribution in [3.8, 4) is 0 Å². The van der Waals surface area contributed by atoms with E-state index in [2.05, 4.69) is 0 Å². The predicted molar refractivity (Wildman–Crippen MR) is 125 cm³/mol. The molecule has 2 saturated heterocycles. The molecule has 0 spiro atoms. The van der Waals surface area contributed by atoms with Gasteiger partial charge in [-0.3, -0.25) is 4.79 Å². The summed E-state index contributed by atoms with van der Waals surface area (Å²) in [7, 11) is 0. The summed E-state index contributed by atoms with van der Waals surface area (Å²) in [5.41, 5.74) is 0.288. The summed E-state index contributed by atoms with van der Waals surface area (Å²) in [5, 5.41) is 0. The molecule has 0 radical (unpaired) electrons. The topological polar surface area (TPSA) is 82.1 Å². The van der Waals surface area contributed by atoms with Crippen molar-refractivity contribution >= 4 is 18.0 Å². The van der Waals surface area contributed by atoms with Crippen molar-refractivity contribution in [3.63, 3.8) is 0 Å². The second-order valence-electron chi connectivity index (χ2n) is 9.12. The van der Waals surface area contributed by atoms with E-state index in [1.54, 1.807) is 6.92 Å². The molecule has 0 N–H and O–H groups in total. The van der Waals surface area contributed by atoms with Crippen molar-refractivity contribution in [2.24, 2.45) is 17.8 Å². The van der Waals surface area contributed by atoms with Gasteiger partial charge in [0.05, 0.1) is 25.2 Å². The summed E-state index contributed by atoms with van der Waals surface area (Å²) in [4.78, 5) is 41.0. The Balaban J connectivity index is 1.87. The first-order chi connectivity index (χ1) is 16.4. The van der Waals surface area contributed by atoms with Crippen LogP contribution in [0.1, 0.15) is 38.0 Å². The van der Waals surface area contributed by atoms with Crippen molar-refractivity contribution in [3.05, 3.63) is 71.8 Å². The average Bonchev–Trinajstić information content (AvgIpc) is 3.42. The normalized spacial score (nSPS) is 26.5. The van der Waals surface area contributed by atoms with Crippen molar-refractivity contribution < 1.29 is 28.6 Å². The number of hydrogen-bond acceptors (Lipinski definition) is 6. The fourth-order valence-electron chi connectivity index (χ4n) is 5.35. The highest BCUT2D eigenvalue weighted by molar-refractivity contribution is 5.96. The predicted octanol–water partition coefficient (Wildman–Crippen LogP) is 4.17. The van der Waals surface area contributed by atoms with E-state index in [0.29, 0.717) is 0 Å². The Labute approximate surface area is 200 Å². The van der Waals surface area contributed by atoms with Crippen molar-refractivity contribution in [2.75, 3.05) is 19.8 Å². The van der Waals surface area contributed by atoms with Crippen LogP contribution < -0.4 is 0 Å². The van der Waals surface area contributed by atoms with Gasteiger partial charge in [-0.05, 0) is 24.0 Å². The fraction of sp³-hybridized carbons (Fsp3) is 0.444. The van der Waals surface area contributed by atoms with E-state index in [9.17, 15) is 14.4 Å². The molecular formula is C27H31NO6. The lowest BCUT2D eigenvalue weighted by molar-refractivity contribution is -0.176. The maximum atomic E-state index is 13.9. The van der Waals surface area contributed by atoms with Crippen LogP contribution in [0.3, 0.4) is 0 Å². The lowest BCUT2D eigenvalue weighted by atomic mass is 9.69. The molecule has 0 saturated carbocycles. The lowest BCUT2D eigenvalue weighted by Gasteiger charge is -2.36. The van der Waals surface area contributed by atoms with Crippen molar-refractivity contribution in [1.82, 2.24) is 4.90 Å². The minimum atomic E-state index is -1.39. The minimum absolute atomic E-state index is 0.116. The Hall–Kier alpha value is -3.19. The van der Waals surface area contributed by atoms with E-state index in [1.807, 2.05) is 74.5 Å². The van der Waals surface area contributed by atoms with Gasteiger partial charge in [0, 0.05) is 12.3 Å². The average molecular weight is 466 g/mol. The van der Waals surface area contributed by atoms with E-state index < -0.39 is 35.6 Å². The quantitative estimate of drug-likeness (QED) is 0.571. The molecule has 2 aromatic rings. The monoisotopic (exact) mass is 465 g/mol. The molecule has 0 aliphatic carbocycles. The largest absolute Gasteiger partial charge is 0.464 e. The maximum Gasteiger partial charge on any atom is 0.416 e. The van der Waals surface area contributed by atoms with Crippen LogP contribution in [0, 0.1) is 17.8 Å². The number of ether oxygens (including phenoxy) is 3. The zero-order valence-electron chi connectivity index (χ0n) is 19.8. The zero-order chi connectivity index (χ0) is 24.3. The number of benzene rings is 2. The first-order valence-electron chi connectivity index (χ1n) is 11.8. The van der Waals surface area contributed by atoms with Crippen molar-refractivity contribution in [2.45, 2.75) is 38.9 Å². The maximum absolute atomic E-state index is 13.9. The fourth-order valence-corrected chi connectivity index (χ4v) is 5.35. The van der Waals surface area contributed by atoms with Crippen LogP contribution in [0.15, 0.2) is 60.7 Å². The Morgan fingerprint density at radius 2 is 1.74 bits per heavy atom. The second kappa shape index (κ2) is 9.97. The van der Waals surface area contributed by atoms with Crippen LogP contribution in [-0.2, 0) is 30.2 Å². The Morgan fingerprint density at radius 3 is 2.29 bits per heavy atom. The third-order valence-electron chi connectivity index (χ3n) is 6.68. The summed E-state index contributed by atoms with van der Waals surface area (Å²) in [6.07, 6.45) is -1.12. The molecule has 7 heteroatoms. The van der Waals surface area contributed by atoms with Crippen LogP contribution in [0.4, 0.5) is 4.79 Å². The summed E-state index contributed by atoms with van der Waals surface area (Å²) in [6.45, 7) is 6.24. The molecule has 2 aliphatic heterocycles. The molecule has 2 amide bonds. The van der Waals surface area contributed by atoms with Crippen LogP contribution in [0.2, 0.25) is 0 Å². The Bertz CT molecular complexity index is 1020. The third kappa shape index (κ3) is 4.32. The molecular weight excluding hydrogens is 434 g/mol. The molecule has 2 aliphatic rings. The number of hydrogen-bond donors (Lipinski definition) is 0. The van der Waals surface area contributed by atoms with Gasteiger partial charge in [-0.1, -0.05) is 74.5 Å². The number of rotatable bonds is 7. The molecule has 180 valence electrons. The smallest absolute Gasteiger partial charge is 0.416 e. The molecule has 2 aromatic carbocycles. The van der Waals surface area contributed by atoms with Gasteiger partial charge < -0.3 is 14.2 Å². The summed E-state index contributed by atoms with van der Waals surface area (Å²) < 4.78 is 17.3. The van der Waals surface area contributed by atoms with Gasteiger partial charge in [-0.25, -0.2) is 14.5 Å². The van der Waals surface area contributed by atoms with Gasteiger partial charge in [-0.15, -0.1) is 0 Å². The molecule has 0 aromatic heterocycles. The summed E-state index contributed by atoms with van der Waals surface area (Å²) in [5.74, 6) is -2.28. The van der Waals surface area contributed by atoms with E-state index in [4.69, 9.17) is 14.2 Å². The highest BCUT2D eigenvalue weighted by atomic mass is 16.6. The van der Waals surface area contributed by atoms with E-state index >= 15 is 0 Å². The number of imide groups is 1. The first-order valence-corrected chi connectivity index (χ1v) is 11.8. The van der Waals surface area contributed by atoms with Gasteiger partial charge in [-0.2, -0.15) is 0 Å². The highest BCUT2D eigenvalue weighted by Gasteiger charge is 2.64. The Kier molecular flexibility index (Phi) is 7.03. The van der Waals surface area contributed by atoms with E-state index in [1.165, 1.54) is 0 Å². The van der Waals surface area contributed by atoms with Gasteiger partial charge in [0.15, 0.2) is 5.60 Å². The number of carbonyl (C=O) groups excluding carboxylic acids is 3. The van der Waals surface area contributed by atoms with Crippen molar-refractivity contribution in [1.29, 1.82) is 0 Å². The van der Waals surface area contributed by atoms with Gasteiger partial charge in [0.25, 0.3) is 0 Å². The van der Waals surface area contributed by atoms with Gasteiger partial charge in [0.2, 0.25) is 5.91 Å². The molecule has 2 fully saturated rings. The zero-order valence-corrected chi connectivity index (χ0v) is 19.8. The minimum Gasteiger partial charge on any atom is -0.464 e. The lowest BCUT2D eigenvalue weighted by Crippen LogP contribution is -2.52. The number of cyclic esters (lactones) is 1. The number of amides is 2. The number of carbonyl (C=O) groups is 3. The Morgan fingerprint density at radius 1 is 1.09 bits per heavy atom. The first kappa shape index (κ1) is 24.0. The molecule has 0 bridgehead atoms. The van der Waals surface area contributed by atoms with Crippen LogP contribution in [-0.4, -0.2) is 48.2 Å². The third-order valence-corrected chi connectivity index (χ3v) is 6.68. The van der Waals surface area contributed by atoms with Crippen LogP contribution in [0.25, 0.3) is 0 Å². The standard InChI is InChI=1S/C27H31NO6/c1-4-32-25(30)27(17-19-11-7-5-8-12-19)22(18(2)3)21(24(29)28-15-16-33-26(28)31)23(34-27)20-13-9-6-10-14-20/h5-14,18,21-23H,4,15-17H2,1-3H3/t21-,22-,23-,27-/m0/s1. The highest BCUT2D eigenvalue weighted by Crippen LogP contribution is 2.54. The molecule has 0 unspecified atom stereocenters. The summed E-state index contributed by atoms with van der Waals surface area (Å²) in [6, 6.07) is 19.0. The number of esters is 1.